The Balaban J connectivity index is 1.73. The maximum atomic E-state index is 13.4. The third-order valence-corrected chi connectivity index (χ3v) is 5.29. The van der Waals surface area contributed by atoms with Crippen molar-refractivity contribution >= 4 is 5.78 Å². The number of ketones is 1. The average Bonchev–Trinajstić information content (AvgIpc) is 2.79. The van der Waals surface area contributed by atoms with Crippen LogP contribution in [0.4, 0.5) is 0 Å². The molecular weight excluding hydrogens is 358 g/mol. The Kier molecular flexibility index (Phi) is 7.34. The molecule has 0 amide bonds. The SMILES string of the molecule is CCN(CCOC(C)(C(=O)c1ccccc1)c1ccccc1)Cc1ccccc1. The van der Waals surface area contributed by atoms with Crippen molar-refractivity contribution in [3.8, 4) is 0 Å². The first kappa shape index (κ1) is 21.0. The number of hydrogen-bond acceptors (Lipinski definition) is 3. The molecule has 29 heavy (non-hydrogen) atoms. The van der Waals surface area contributed by atoms with Crippen LogP contribution < -0.4 is 0 Å². The fraction of sp³-hybridized carbons (Fsp3) is 0.269. The van der Waals surface area contributed by atoms with Crippen molar-refractivity contribution in [3.05, 3.63) is 108 Å². The van der Waals surface area contributed by atoms with Gasteiger partial charge in [0.25, 0.3) is 0 Å². The molecule has 0 radical (unpaired) electrons. The van der Waals surface area contributed by atoms with Crippen LogP contribution >= 0.6 is 0 Å². The van der Waals surface area contributed by atoms with Crippen molar-refractivity contribution in [1.82, 2.24) is 4.90 Å². The second-order valence-corrected chi connectivity index (χ2v) is 7.30. The molecule has 0 aromatic heterocycles. The smallest absolute Gasteiger partial charge is 0.198 e. The van der Waals surface area contributed by atoms with E-state index in [0.29, 0.717) is 12.2 Å². The lowest BCUT2D eigenvalue weighted by Crippen LogP contribution is -2.38. The molecule has 0 aliphatic heterocycles. The molecule has 0 N–H and O–H groups in total. The molecule has 0 aliphatic rings. The monoisotopic (exact) mass is 387 g/mol. The van der Waals surface area contributed by atoms with Gasteiger partial charge in [-0.15, -0.1) is 0 Å². The first-order valence-electron chi connectivity index (χ1n) is 10.2. The molecule has 0 spiro atoms. The third-order valence-electron chi connectivity index (χ3n) is 5.29. The number of carbonyl (C=O) groups excluding carboxylic acids is 1. The highest BCUT2D eigenvalue weighted by molar-refractivity contribution is 6.02. The Morgan fingerprint density at radius 2 is 1.41 bits per heavy atom. The Morgan fingerprint density at radius 3 is 2.00 bits per heavy atom. The summed E-state index contributed by atoms with van der Waals surface area (Å²) in [4.78, 5) is 15.7. The zero-order valence-corrected chi connectivity index (χ0v) is 17.3. The molecule has 3 rings (SSSR count). The van der Waals surface area contributed by atoms with Crippen LogP contribution in [0.3, 0.4) is 0 Å². The summed E-state index contributed by atoms with van der Waals surface area (Å²) in [5.74, 6) is -0.0181. The van der Waals surface area contributed by atoms with E-state index in [9.17, 15) is 4.79 Å². The van der Waals surface area contributed by atoms with Gasteiger partial charge in [0.15, 0.2) is 11.4 Å². The van der Waals surface area contributed by atoms with Crippen LogP contribution in [0.5, 0.6) is 0 Å². The molecule has 0 heterocycles. The van der Waals surface area contributed by atoms with Gasteiger partial charge in [-0.2, -0.15) is 0 Å². The second-order valence-electron chi connectivity index (χ2n) is 7.30. The Hall–Kier alpha value is -2.75. The normalized spacial score (nSPS) is 13.2. The van der Waals surface area contributed by atoms with Crippen LogP contribution in [0.25, 0.3) is 0 Å². The van der Waals surface area contributed by atoms with Crippen LogP contribution in [0.1, 0.15) is 35.3 Å². The summed E-state index contributed by atoms with van der Waals surface area (Å²) in [6.45, 7) is 7.06. The van der Waals surface area contributed by atoms with Gasteiger partial charge in [-0.05, 0) is 24.6 Å². The van der Waals surface area contributed by atoms with Crippen LogP contribution in [-0.2, 0) is 16.9 Å². The predicted octanol–water partition coefficient (Wildman–Crippen LogP) is 5.32. The standard InChI is InChI=1S/C26H29NO2/c1-3-27(21-22-13-7-4-8-14-22)19-20-29-26(2,24-17-11-6-12-18-24)25(28)23-15-9-5-10-16-23/h4-18H,3,19-21H2,1-2H3. The molecule has 0 bridgehead atoms. The highest BCUT2D eigenvalue weighted by atomic mass is 16.5. The van der Waals surface area contributed by atoms with E-state index in [1.165, 1.54) is 5.56 Å². The summed E-state index contributed by atoms with van der Waals surface area (Å²) in [6, 6.07) is 29.6. The number of rotatable bonds is 10. The van der Waals surface area contributed by atoms with Crippen molar-refractivity contribution in [2.24, 2.45) is 0 Å². The highest BCUT2D eigenvalue weighted by Gasteiger charge is 2.36. The maximum absolute atomic E-state index is 13.4. The predicted molar refractivity (Wildman–Crippen MR) is 118 cm³/mol. The number of benzene rings is 3. The van der Waals surface area contributed by atoms with Crippen LogP contribution in [0.15, 0.2) is 91.0 Å². The van der Waals surface area contributed by atoms with E-state index in [4.69, 9.17) is 4.74 Å². The third kappa shape index (κ3) is 5.41. The quantitative estimate of drug-likeness (QED) is 0.441. The van der Waals surface area contributed by atoms with E-state index < -0.39 is 5.60 Å². The molecule has 0 saturated heterocycles. The van der Waals surface area contributed by atoms with Crippen molar-refractivity contribution in [2.75, 3.05) is 19.7 Å². The fourth-order valence-electron chi connectivity index (χ4n) is 3.47. The number of nitrogens with zero attached hydrogens (tertiary/aromatic N) is 1. The molecule has 3 aromatic rings. The molecule has 150 valence electrons. The molecule has 3 heteroatoms. The average molecular weight is 388 g/mol. The van der Waals surface area contributed by atoms with Crippen molar-refractivity contribution < 1.29 is 9.53 Å². The molecule has 1 atom stereocenters. The Morgan fingerprint density at radius 1 is 0.862 bits per heavy atom. The van der Waals surface area contributed by atoms with Crippen LogP contribution in [0, 0.1) is 0 Å². The largest absolute Gasteiger partial charge is 0.361 e. The minimum absolute atomic E-state index is 0.0181. The molecule has 3 nitrogen and oxygen atoms in total. The Bertz CT molecular complexity index is 880. The lowest BCUT2D eigenvalue weighted by atomic mass is 9.87. The Labute approximate surface area is 174 Å². The molecule has 0 aliphatic carbocycles. The first-order chi connectivity index (χ1) is 14.1. The van der Waals surface area contributed by atoms with Gasteiger partial charge in [-0.3, -0.25) is 9.69 Å². The maximum Gasteiger partial charge on any atom is 0.198 e. The zero-order chi connectivity index (χ0) is 20.5. The summed E-state index contributed by atoms with van der Waals surface area (Å²) < 4.78 is 6.31. The first-order valence-corrected chi connectivity index (χ1v) is 10.2. The van der Waals surface area contributed by atoms with E-state index in [1.807, 2.05) is 73.7 Å². The molecule has 0 fully saturated rings. The number of hydrogen-bond donors (Lipinski definition) is 0. The number of Topliss-reactive ketones (excluding diaryl/α,β-unsaturated/α-hetero) is 1. The van der Waals surface area contributed by atoms with Crippen LogP contribution in [-0.4, -0.2) is 30.4 Å². The summed E-state index contributed by atoms with van der Waals surface area (Å²) in [5.41, 5.74) is 1.80. The molecule has 1 unspecified atom stereocenters. The summed E-state index contributed by atoms with van der Waals surface area (Å²) in [7, 11) is 0. The van der Waals surface area contributed by atoms with Gasteiger partial charge in [0.1, 0.15) is 0 Å². The van der Waals surface area contributed by atoms with E-state index in [1.54, 1.807) is 0 Å². The van der Waals surface area contributed by atoms with Gasteiger partial charge < -0.3 is 4.74 Å². The summed E-state index contributed by atoms with van der Waals surface area (Å²) in [5, 5.41) is 0. The van der Waals surface area contributed by atoms with Gasteiger partial charge in [0.05, 0.1) is 6.61 Å². The summed E-state index contributed by atoms with van der Waals surface area (Å²) in [6.07, 6.45) is 0. The number of likely N-dealkylation sites (N-methyl/N-ethyl adjacent to an activating group) is 1. The second kappa shape index (κ2) is 10.1. The van der Waals surface area contributed by atoms with Gasteiger partial charge >= 0.3 is 0 Å². The van der Waals surface area contributed by atoms with Gasteiger partial charge in [-0.25, -0.2) is 0 Å². The van der Waals surface area contributed by atoms with E-state index in [0.717, 1.165) is 25.2 Å². The van der Waals surface area contributed by atoms with E-state index in [-0.39, 0.29) is 5.78 Å². The van der Waals surface area contributed by atoms with Gasteiger partial charge in [0.2, 0.25) is 0 Å². The van der Waals surface area contributed by atoms with E-state index >= 15 is 0 Å². The van der Waals surface area contributed by atoms with Crippen molar-refractivity contribution in [1.29, 1.82) is 0 Å². The molecule has 0 saturated carbocycles. The fourth-order valence-corrected chi connectivity index (χ4v) is 3.47. The number of carbonyl (C=O) groups is 1. The van der Waals surface area contributed by atoms with Gasteiger partial charge in [0, 0.05) is 18.7 Å². The highest BCUT2D eigenvalue weighted by Crippen LogP contribution is 2.29. The van der Waals surface area contributed by atoms with E-state index in [2.05, 4.69) is 36.1 Å². The minimum atomic E-state index is -1.02. The molecular formula is C26H29NO2. The minimum Gasteiger partial charge on any atom is -0.361 e. The van der Waals surface area contributed by atoms with Crippen molar-refractivity contribution in [3.63, 3.8) is 0 Å². The summed E-state index contributed by atoms with van der Waals surface area (Å²) >= 11 is 0. The lowest BCUT2D eigenvalue weighted by Gasteiger charge is -2.31. The van der Waals surface area contributed by atoms with Gasteiger partial charge in [-0.1, -0.05) is 97.9 Å². The van der Waals surface area contributed by atoms with Crippen molar-refractivity contribution in [2.45, 2.75) is 26.0 Å². The zero-order valence-electron chi connectivity index (χ0n) is 17.3. The molecule has 3 aromatic carbocycles. The lowest BCUT2D eigenvalue weighted by molar-refractivity contribution is -0.0259. The number of ether oxygens (including phenoxy) is 1. The van der Waals surface area contributed by atoms with Crippen LogP contribution in [0.2, 0.25) is 0 Å². The topological polar surface area (TPSA) is 29.5 Å².